The molecule has 1 aliphatic rings. The van der Waals surface area contributed by atoms with Crippen molar-refractivity contribution in [1.82, 2.24) is 9.97 Å². The molecule has 35 heavy (non-hydrogen) atoms. The Bertz CT molecular complexity index is 1140. The molecular formula is C25H25F5N4S. The van der Waals surface area contributed by atoms with Crippen molar-refractivity contribution >= 4 is 29.2 Å². The zero-order valence-electron chi connectivity index (χ0n) is 19.0. The lowest BCUT2D eigenvalue weighted by atomic mass is 9.98. The average molecular weight is 509 g/mol. The van der Waals surface area contributed by atoms with Gasteiger partial charge in [0.1, 0.15) is 11.4 Å². The molecule has 0 radical (unpaired) electrons. The Hall–Kier alpha value is -2.88. The number of hydrogen-bond donors (Lipinski definition) is 1. The molecule has 1 aliphatic heterocycles. The number of aryl methyl sites for hydroxylation is 1. The van der Waals surface area contributed by atoms with Crippen LogP contribution in [0.3, 0.4) is 0 Å². The first kappa shape index (κ1) is 25.2. The molecular weight excluding hydrogens is 483 g/mol. The molecule has 2 heterocycles. The maximum absolute atomic E-state index is 13.6. The lowest BCUT2D eigenvalue weighted by molar-refractivity contribution is -0.137. The topological polar surface area (TPSA) is 41.1 Å². The SMILES string of the molecule is Cc1cc(SCc2ccccc2)ccc1Nc1ncc(C(F)(F)F)c(N2CCC[C@H](C(F)F)C2)n1. The van der Waals surface area contributed by atoms with Crippen LogP contribution in [0.1, 0.15) is 29.5 Å². The van der Waals surface area contributed by atoms with Crippen molar-refractivity contribution in [2.24, 2.45) is 5.92 Å². The molecule has 0 aliphatic carbocycles. The van der Waals surface area contributed by atoms with Crippen LogP contribution in [0.2, 0.25) is 0 Å². The minimum atomic E-state index is -4.70. The molecule has 1 saturated heterocycles. The van der Waals surface area contributed by atoms with Crippen molar-refractivity contribution in [3.8, 4) is 0 Å². The minimum absolute atomic E-state index is 0.0139. The van der Waals surface area contributed by atoms with Gasteiger partial charge < -0.3 is 10.2 Å². The third-order valence-corrected chi connectivity index (χ3v) is 6.95. The summed E-state index contributed by atoms with van der Waals surface area (Å²) in [6, 6.07) is 15.8. The number of aromatic nitrogens is 2. The van der Waals surface area contributed by atoms with Gasteiger partial charge in [-0.2, -0.15) is 18.2 Å². The predicted molar refractivity (Wildman–Crippen MR) is 128 cm³/mol. The van der Waals surface area contributed by atoms with Crippen molar-refractivity contribution in [2.45, 2.75) is 43.0 Å². The highest BCUT2D eigenvalue weighted by Crippen LogP contribution is 2.38. The fourth-order valence-corrected chi connectivity index (χ4v) is 4.96. The van der Waals surface area contributed by atoms with E-state index in [1.54, 1.807) is 11.8 Å². The van der Waals surface area contributed by atoms with Gasteiger partial charge in [-0.25, -0.2) is 13.8 Å². The number of nitrogens with zero attached hydrogens (tertiary/aromatic N) is 3. The second kappa shape index (κ2) is 10.8. The number of benzene rings is 2. The van der Waals surface area contributed by atoms with Crippen LogP contribution in [0.25, 0.3) is 0 Å². The Kier molecular flexibility index (Phi) is 7.78. The van der Waals surface area contributed by atoms with Gasteiger partial charge in [0.2, 0.25) is 12.4 Å². The Balaban J connectivity index is 1.53. The quantitative estimate of drug-likeness (QED) is 0.268. The molecule has 4 rings (SSSR count). The predicted octanol–water partition coefficient (Wildman–Crippen LogP) is 7.32. The summed E-state index contributed by atoms with van der Waals surface area (Å²) in [7, 11) is 0. The second-order valence-electron chi connectivity index (χ2n) is 8.49. The van der Waals surface area contributed by atoms with Gasteiger partial charge in [-0.1, -0.05) is 30.3 Å². The molecule has 1 N–H and O–H groups in total. The lowest BCUT2D eigenvalue weighted by Crippen LogP contribution is -2.39. The van der Waals surface area contributed by atoms with Gasteiger partial charge >= 0.3 is 6.18 Å². The standard InChI is InChI=1S/C25H25F5N4S/c1-16-12-19(35-15-17-6-3-2-4-7-17)9-10-21(16)32-24-31-13-20(25(28,29)30)23(33-24)34-11-5-8-18(14-34)22(26)27/h2-4,6-7,9-10,12-13,18,22H,5,8,11,14-15H2,1H3,(H,31,32,33)/t18-/m0/s1. The van der Waals surface area contributed by atoms with E-state index in [1.165, 1.54) is 10.5 Å². The molecule has 1 fully saturated rings. The number of thioether (sulfide) groups is 1. The molecule has 0 spiro atoms. The first-order valence-corrected chi connectivity index (χ1v) is 12.2. The van der Waals surface area contributed by atoms with Crippen LogP contribution < -0.4 is 10.2 Å². The summed E-state index contributed by atoms with van der Waals surface area (Å²) in [6.45, 7) is 1.94. The highest BCUT2D eigenvalue weighted by molar-refractivity contribution is 7.98. The van der Waals surface area contributed by atoms with Crippen LogP contribution >= 0.6 is 11.8 Å². The van der Waals surface area contributed by atoms with E-state index in [9.17, 15) is 22.0 Å². The summed E-state index contributed by atoms with van der Waals surface area (Å²) in [6.07, 6.45) is -5.91. The molecule has 3 aromatic rings. The van der Waals surface area contributed by atoms with Crippen molar-refractivity contribution in [3.05, 3.63) is 71.4 Å². The maximum Gasteiger partial charge on any atom is 0.421 e. The fourth-order valence-electron chi connectivity index (χ4n) is 4.01. The van der Waals surface area contributed by atoms with Crippen LogP contribution in [0.15, 0.2) is 59.6 Å². The maximum atomic E-state index is 13.6. The van der Waals surface area contributed by atoms with Crippen LogP contribution in [0, 0.1) is 12.8 Å². The number of piperidine rings is 1. The third-order valence-electron chi connectivity index (χ3n) is 5.88. The molecule has 0 saturated carbocycles. The molecule has 0 amide bonds. The summed E-state index contributed by atoms with van der Waals surface area (Å²) in [5.41, 5.74) is 1.71. The Labute approximate surface area is 205 Å². The molecule has 1 atom stereocenters. The summed E-state index contributed by atoms with van der Waals surface area (Å²) >= 11 is 1.68. The molecule has 1 aromatic heterocycles. The van der Waals surface area contributed by atoms with Gasteiger partial charge in [0.05, 0.1) is 0 Å². The third kappa shape index (κ3) is 6.42. The highest BCUT2D eigenvalue weighted by Gasteiger charge is 2.38. The molecule has 186 valence electrons. The molecule has 10 heteroatoms. The van der Waals surface area contributed by atoms with Crippen LogP contribution in [-0.2, 0) is 11.9 Å². The van der Waals surface area contributed by atoms with Crippen LogP contribution in [0.5, 0.6) is 0 Å². The minimum Gasteiger partial charge on any atom is -0.355 e. The summed E-state index contributed by atoms with van der Waals surface area (Å²) in [4.78, 5) is 10.3. The summed E-state index contributed by atoms with van der Waals surface area (Å²) < 4.78 is 67.4. The summed E-state index contributed by atoms with van der Waals surface area (Å²) in [5.74, 6) is -0.555. The number of hydrogen-bond acceptors (Lipinski definition) is 5. The van der Waals surface area contributed by atoms with Gasteiger partial charge in [-0.3, -0.25) is 0 Å². The van der Waals surface area contributed by atoms with E-state index in [0.717, 1.165) is 22.4 Å². The van der Waals surface area contributed by atoms with Crippen molar-refractivity contribution in [2.75, 3.05) is 23.3 Å². The number of alkyl halides is 5. The first-order chi connectivity index (χ1) is 16.7. The summed E-state index contributed by atoms with van der Waals surface area (Å²) in [5, 5.41) is 2.99. The smallest absolute Gasteiger partial charge is 0.355 e. The van der Waals surface area contributed by atoms with Gasteiger partial charge in [0.25, 0.3) is 0 Å². The Morgan fingerprint density at radius 1 is 1.14 bits per heavy atom. The average Bonchev–Trinajstić information content (AvgIpc) is 2.84. The largest absolute Gasteiger partial charge is 0.421 e. The van der Waals surface area contributed by atoms with Crippen LogP contribution in [-0.4, -0.2) is 29.5 Å². The lowest BCUT2D eigenvalue weighted by Gasteiger charge is -2.34. The molecule has 0 bridgehead atoms. The van der Waals surface area contributed by atoms with Crippen LogP contribution in [0.4, 0.5) is 39.4 Å². The van der Waals surface area contributed by atoms with Gasteiger partial charge in [-0.05, 0) is 49.1 Å². The van der Waals surface area contributed by atoms with E-state index >= 15 is 0 Å². The Morgan fingerprint density at radius 3 is 2.60 bits per heavy atom. The second-order valence-corrected chi connectivity index (χ2v) is 9.54. The highest BCUT2D eigenvalue weighted by atomic mass is 32.2. The van der Waals surface area contributed by atoms with E-state index in [1.807, 2.05) is 43.3 Å². The zero-order chi connectivity index (χ0) is 25.0. The van der Waals surface area contributed by atoms with Crippen molar-refractivity contribution < 1.29 is 22.0 Å². The number of halogens is 5. The molecule has 0 unspecified atom stereocenters. The van der Waals surface area contributed by atoms with Gasteiger partial charge in [-0.15, -0.1) is 11.8 Å². The first-order valence-electron chi connectivity index (χ1n) is 11.2. The molecule has 2 aromatic carbocycles. The fraction of sp³-hybridized carbons (Fsp3) is 0.360. The van der Waals surface area contributed by atoms with E-state index < -0.39 is 24.1 Å². The van der Waals surface area contributed by atoms with E-state index in [-0.39, 0.29) is 31.3 Å². The van der Waals surface area contributed by atoms with Crippen molar-refractivity contribution in [3.63, 3.8) is 0 Å². The number of nitrogens with one attached hydrogen (secondary N) is 1. The monoisotopic (exact) mass is 508 g/mol. The number of anilines is 3. The normalized spacial score (nSPS) is 16.5. The zero-order valence-corrected chi connectivity index (χ0v) is 19.8. The van der Waals surface area contributed by atoms with E-state index in [2.05, 4.69) is 27.4 Å². The number of rotatable bonds is 7. The van der Waals surface area contributed by atoms with E-state index in [0.29, 0.717) is 12.1 Å². The van der Waals surface area contributed by atoms with E-state index in [4.69, 9.17) is 0 Å². The molecule has 4 nitrogen and oxygen atoms in total. The van der Waals surface area contributed by atoms with Gasteiger partial charge in [0.15, 0.2) is 0 Å². The Morgan fingerprint density at radius 2 is 1.91 bits per heavy atom. The van der Waals surface area contributed by atoms with Crippen molar-refractivity contribution in [1.29, 1.82) is 0 Å². The van der Waals surface area contributed by atoms with Gasteiger partial charge in [0, 0.05) is 41.5 Å².